The number of aliphatic hydroxyl groups is 1. The van der Waals surface area contributed by atoms with Crippen molar-refractivity contribution in [2.45, 2.75) is 24.9 Å². The van der Waals surface area contributed by atoms with Crippen LogP contribution in [0.4, 0.5) is 4.79 Å². The normalized spacial score (nSPS) is 16.8. The summed E-state index contributed by atoms with van der Waals surface area (Å²) in [5.74, 6) is 0. The molecule has 0 radical (unpaired) electrons. The molecule has 1 fully saturated rings. The topological polar surface area (TPSA) is 64.6 Å². The van der Waals surface area contributed by atoms with E-state index in [-0.39, 0.29) is 18.7 Å². The molecule has 1 aliphatic rings. The highest BCUT2D eigenvalue weighted by molar-refractivity contribution is 5.86. The Balaban J connectivity index is 1.77. The zero-order valence-corrected chi connectivity index (χ0v) is 14.0. The van der Waals surface area contributed by atoms with E-state index in [1.165, 1.54) is 0 Å². The molecule has 1 saturated heterocycles. The van der Waals surface area contributed by atoms with E-state index in [0.717, 1.165) is 42.3 Å². The molecular weight excluding hydrogens is 302 g/mol. The van der Waals surface area contributed by atoms with E-state index < -0.39 is 6.04 Å². The van der Waals surface area contributed by atoms with Crippen LogP contribution in [0.2, 0.25) is 0 Å². The number of hydrogen-bond acceptors (Lipinski definition) is 3. The lowest BCUT2D eigenvalue weighted by Crippen LogP contribution is -2.49. The van der Waals surface area contributed by atoms with Crippen LogP contribution in [-0.2, 0) is 0 Å². The summed E-state index contributed by atoms with van der Waals surface area (Å²) >= 11 is 0. The minimum Gasteiger partial charge on any atom is -0.394 e. The van der Waals surface area contributed by atoms with Crippen LogP contribution in [0.25, 0.3) is 10.8 Å². The molecule has 1 heterocycles. The molecule has 2 aromatic rings. The van der Waals surface area contributed by atoms with E-state index in [0.29, 0.717) is 0 Å². The quantitative estimate of drug-likeness (QED) is 0.807. The van der Waals surface area contributed by atoms with Crippen molar-refractivity contribution in [3.63, 3.8) is 0 Å². The van der Waals surface area contributed by atoms with E-state index >= 15 is 0 Å². The third-order valence-electron chi connectivity index (χ3n) is 4.86. The molecule has 3 N–H and O–H groups in total. The first-order valence-corrected chi connectivity index (χ1v) is 8.53. The molecule has 0 spiro atoms. The highest BCUT2D eigenvalue weighted by Gasteiger charge is 2.24. The fourth-order valence-electron chi connectivity index (χ4n) is 3.39. The van der Waals surface area contributed by atoms with Crippen molar-refractivity contribution < 1.29 is 9.90 Å². The SMILES string of the molecule is CN(C(=O)NC(CO)c1cccc2ccccc12)C1CCNCC1. The molecule has 2 aromatic carbocycles. The first kappa shape index (κ1) is 16.7. The minimum absolute atomic E-state index is 0.125. The molecule has 2 amide bonds. The van der Waals surface area contributed by atoms with Gasteiger partial charge in [0, 0.05) is 13.1 Å². The number of amides is 2. The number of benzene rings is 2. The average molecular weight is 327 g/mol. The summed E-state index contributed by atoms with van der Waals surface area (Å²) < 4.78 is 0. The fourth-order valence-corrected chi connectivity index (χ4v) is 3.39. The number of rotatable bonds is 4. The van der Waals surface area contributed by atoms with Gasteiger partial charge in [0.25, 0.3) is 0 Å². The third kappa shape index (κ3) is 3.52. The number of urea groups is 1. The number of nitrogens with one attached hydrogen (secondary N) is 2. The van der Waals surface area contributed by atoms with Gasteiger partial charge in [0.1, 0.15) is 0 Å². The predicted octanol–water partition coefficient (Wildman–Crippen LogP) is 2.27. The molecule has 5 heteroatoms. The zero-order chi connectivity index (χ0) is 16.9. The van der Waals surface area contributed by atoms with Crippen LogP contribution in [0.15, 0.2) is 42.5 Å². The highest BCUT2D eigenvalue weighted by atomic mass is 16.3. The molecule has 0 aliphatic carbocycles. The van der Waals surface area contributed by atoms with Gasteiger partial charge in [-0.25, -0.2) is 4.79 Å². The predicted molar refractivity (Wildman–Crippen MR) is 96.0 cm³/mol. The Morgan fingerprint density at radius 1 is 1.25 bits per heavy atom. The second kappa shape index (κ2) is 7.64. The molecule has 5 nitrogen and oxygen atoms in total. The van der Waals surface area contributed by atoms with Gasteiger partial charge in [-0.1, -0.05) is 42.5 Å². The van der Waals surface area contributed by atoms with Crippen LogP contribution in [0.3, 0.4) is 0 Å². The molecule has 3 rings (SSSR count). The number of carbonyl (C=O) groups is 1. The monoisotopic (exact) mass is 327 g/mol. The van der Waals surface area contributed by atoms with Gasteiger partial charge in [-0.2, -0.15) is 0 Å². The number of nitrogens with zero attached hydrogens (tertiary/aromatic N) is 1. The van der Waals surface area contributed by atoms with E-state index in [9.17, 15) is 9.90 Å². The van der Waals surface area contributed by atoms with Crippen LogP contribution < -0.4 is 10.6 Å². The summed E-state index contributed by atoms with van der Waals surface area (Å²) in [5.41, 5.74) is 0.947. The lowest BCUT2D eigenvalue weighted by molar-refractivity contribution is 0.165. The van der Waals surface area contributed by atoms with Crippen molar-refractivity contribution in [2.75, 3.05) is 26.7 Å². The molecule has 1 atom stereocenters. The van der Waals surface area contributed by atoms with Crippen molar-refractivity contribution in [1.82, 2.24) is 15.5 Å². The second-order valence-electron chi connectivity index (χ2n) is 6.35. The van der Waals surface area contributed by atoms with E-state index in [1.807, 2.05) is 49.5 Å². The van der Waals surface area contributed by atoms with Gasteiger partial charge in [0.05, 0.1) is 12.6 Å². The smallest absolute Gasteiger partial charge is 0.317 e. The van der Waals surface area contributed by atoms with Gasteiger partial charge in [0.15, 0.2) is 0 Å². The van der Waals surface area contributed by atoms with Crippen molar-refractivity contribution in [3.8, 4) is 0 Å². The summed E-state index contributed by atoms with van der Waals surface area (Å²) in [5, 5.41) is 18.3. The molecule has 0 aromatic heterocycles. The summed E-state index contributed by atoms with van der Waals surface area (Å²) in [7, 11) is 1.84. The lowest BCUT2D eigenvalue weighted by atomic mass is 9.99. The Labute approximate surface area is 142 Å². The second-order valence-corrected chi connectivity index (χ2v) is 6.35. The summed E-state index contributed by atoms with van der Waals surface area (Å²) in [4.78, 5) is 14.4. The summed E-state index contributed by atoms with van der Waals surface area (Å²) in [6.45, 7) is 1.75. The van der Waals surface area contributed by atoms with E-state index in [4.69, 9.17) is 0 Å². The Morgan fingerprint density at radius 2 is 1.96 bits per heavy atom. The van der Waals surface area contributed by atoms with Crippen LogP contribution in [0, 0.1) is 0 Å². The van der Waals surface area contributed by atoms with Gasteiger partial charge in [0.2, 0.25) is 0 Å². The van der Waals surface area contributed by atoms with Crippen LogP contribution >= 0.6 is 0 Å². The first-order valence-electron chi connectivity index (χ1n) is 8.53. The largest absolute Gasteiger partial charge is 0.394 e. The highest BCUT2D eigenvalue weighted by Crippen LogP contribution is 2.24. The van der Waals surface area contributed by atoms with Crippen LogP contribution in [0.1, 0.15) is 24.4 Å². The number of carbonyl (C=O) groups excluding carboxylic acids is 1. The van der Waals surface area contributed by atoms with Gasteiger partial charge >= 0.3 is 6.03 Å². The summed E-state index contributed by atoms with van der Waals surface area (Å²) in [6, 6.07) is 13.7. The maximum Gasteiger partial charge on any atom is 0.317 e. The molecule has 0 saturated carbocycles. The van der Waals surface area contributed by atoms with E-state index in [1.54, 1.807) is 4.90 Å². The molecule has 1 aliphatic heterocycles. The van der Waals surface area contributed by atoms with Crippen molar-refractivity contribution >= 4 is 16.8 Å². The first-order chi connectivity index (χ1) is 11.7. The maximum atomic E-state index is 12.6. The maximum absolute atomic E-state index is 12.6. The fraction of sp³-hybridized carbons (Fsp3) is 0.421. The van der Waals surface area contributed by atoms with Crippen molar-refractivity contribution in [1.29, 1.82) is 0 Å². The molecule has 128 valence electrons. The van der Waals surface area contributed by atoms with Gasteiger partial charge in [-0.05, 0) is 42.3 Å². The van der Waals surface area contributed by atoms with E-state index in [2.05, 4.69) is 10.6 Å². The Morgan fingerprint density at radius 3 is 2.71 bits per heavy atom. The Kier molecular flexibility index (Phi) is 5.33. The Hall–Kier alpha value is -2.11. The number of fused-ring (bicyclic) bond motifs is 1. The number of hydrogen-bond donors (Lipinski definition) is 3. The minimum atomic E-state index is -0.409. The molecule has 24 heavy (non-hydrogen) atoms. The lowest BCUT2D eigenvalue weighted by Gasteiger charge is -2.33. The van der Waals surface area contributed by atoms with Gasteiger partial charge in [-0.3, -0.25) is 0 Å². The number of aliphatic hydroxyl groups excluding tert-OH is 1. The Bertz CT molecular complexity index is 693. The standard InChI is InChI=1S/C19H25N3O2/c1-22(15-9-11-20-12-10-15)19(24)21-18(13-23)17-8-4-6-14-5-2-3-7-16(14)17/h2-8,15,18,20,23H,9-13H2,1H3,(H,21,24). The average Bonchev–Trinajstić information content (AvgIpc) is 2.65. The van der Waals surface area contributed by atoms with Crippen molar-refractivity contribution in [3.05, 3.63) is 48.0 Å². The zero-order valence-electron chi connectivity index (χ0n) is 14.0. The molecular formula is C19H25N3O2. The van der Waals surface area contributed by atoms with Gasteiger partial charge < -0.3 is 20.6 Å². The van der Waals surface area contributed by atoms with Gasteiger partial charge in [-0.15, -0.1) is 0 Å². The number of piperidine rings is 1. The van der Waals surface area contributed by atoms with Crippen LogP contribution in [-0.4, -0.2) is 48.8 Å². The van der Waals surface area contributed by atoms with Crippen LogP contribution in [0.5, 0.6) is 0 Å². The summed E-state index contributed by atoms with van der Waals surface area (Å²) in [6.07, 6.45) is 1.92. The molecule has 0 bridgehead atoms. The van der Waals surface area contributed by atoms with Crippen molar-refractivity contribution in [2.24, 2.45) is 0 Å². The third-order valence-corrected chi connectivity index (χ3v) is 4.86. The molecule has 1 unspecified atom stereocenters.